The fourth-order valence-electron chi connectivity index (χ4n) is 4.45. The maximum Gasteiger partial charge on any atom is 0.316 e. The van der Waals surface area contributed by atoms with E-state index in [-0.39, 0.29) is 28.8 Å². The van der Waals surface area contributed by atoms with Gasteiger partial charge in [-0.2, -0.15) is 5.10 Å². The predicted octanol–water partition coefficient (Wildman–Crippen LogP) is 3.28. The van der Waals surface area contributed by atoms with Crippen molar-refractivity contribution in [3.63, 3.8) is 0 Å². The lowest BCUT2D eigenvalue weighted by Gasteiger charge is -2.20. The molecule has 0 aliphatic carbocycles. The van der Waals surface area contributed by atoms with Crippen LogP contribution in [0.3, 0.4) is 0 Å². The average Bonchev–Trinajstić information content (AvgIpc) is 3.31. The van der Waals surface area contributed by atoms with Gasteiger partial charge in [-0.05, 0) is 31.2 Å². The lowest BCUT2D eigenvalue weighted by molar-refractivity contribution is 0.0939. The van der Waals surface area contributed by atoms with Crippen molar-refractivity contribution < 1.29 is 9.53 Å². The van der Waals surface area contributed by atoms with Crippen LogP contribution < -0.4 is 21.3 Å². The highest BCUT2D eigenvalue weighted by Gasteiger charge is 2.25. The van der Waals surface area contributed by atoms with E-state index in [0.29, 0.717) is 33.5 Å². The normalized spacial score (nSPS) is 11.6. The topological polar surface area (TPSA) is 155 Å². The number of fused-ring (bicyclic) bond motifs is 1. The molecule has 214 valence electrons. The summed E-state index contributed by atoms with van der Waals surface area (Å²) < 4.78 is 7.88. The van der Waals surface area contributed by atoms with Crippen molar-refractivity contribution in [1.82, 2.24) is 34.6 Å². The molecule has 0 bridgehead atoms. The summed E-state index contributed by atoms with van der Waals surface area (Å²) in [4.78, 5) is 44.9. The number of aromatic nitrogens is 6. The molecule has 43 heavy (non-hydrogen) atoms. The van der Waals surface area contributed by atoms with Crippen LogP contribution in [0.4, 0.5) is 11.6 Å². The van der Waals surface area contributed by atoms with Gasteiger partial charge < -0.3 is 15.8 Å². The molecule has 0 aliphatic rings. The Bertz CT molecular complexity index is 1980. The molecule has 1 unspecified atom stereocenters. The fourth-order valence-corrected chi connectivity index (χ4v) is 4.45. The van der Waals surface area contributed by atoms with Crippen molar-refractivity contribution in [2.45, 2.75) is 13.0 Å². The molecule has 5 aromatic rings. The van der Waals surface area contributed by atoms with Crippen LogP contribution in [0.15, 0.2) is 83.4 Å². The minimum absolute atomic E-state index is 0.0146. The van der Waals surface area contributed by atoms with E-state index in [9.17, 15) is 9.59 Å². The summed E-state index contributed by atoms with van der Waals surface area (Å²) in [6.45, 7) is 5.35. The number of carbonyl (C=O) groups excluding carboxylic acids is 1. The first-order valence-corrected chi connectivity index (χ1v) is 13.1. The molecule has 0 spiro atoms. The molecule has 0 radical (unpaired) electrons. The van der Waals surface area contributed by atoms with E-state index in [1.807, 2.05) is 18.2 Å². The SMILES string of the molecule is C=C/C=N\c1c(C(=O)NC(C)c2nc3cccc(C#Cc4cnc(OC)nc4)c3c(=O)n2-c2ccccc2)c(N)nn1C. The lowest BCUT2D eigenvalue weighted by atomic mass is 10.1. The van der Waals surface area contributed by atoms with Gasteiger partial charge in [0, 0.05) is 31.2 Å². The van der Waals surface area contributed by atoms with E-state index < -0.39 is 11.9 Å². The number of aliphatic imine (C=N–C) groups is 1. The molecule has 0 saturated carbocycles. The number of allylic oxidation sites excluding steroid dienone is 1. The Morgan fingerprint density at radius 1 is 1.14 bits per heavy atom. The largest absolute Gasteiger partial charge is 0.467 e. The maximum atomic E-state index is 14.2. The summed E-state index contributed by atoms with van der Waals surface area (Å²) in [6.07, 6.45) is 6.00. The van der Waals surface area contributed by atoms with Crippen molar-refractivity contribution >= 4 is 34.7 Å². The fraction of sp³-hybridized carbons (Fsp3) is 0.129. The average molecular weight is 574 g/mol. The Hall–Kier alpha value is -6.09. The molecule has 0 fully saturated rings. The van der Waals surface area contributed by atoms with E-state index in [0.717, 1.165) is 0 Å². The molecule has 3 N–H and O–H groups in total. The Balaban J connectivity index is 1.61. The van der Waals surface area contributed by atoms with Crippen LogP contribution in [0, 0.1) is 11.8 Å². The number of nitrogens with one attached hydrogen (secondary N) is 1. The summed E-state index contributed by atoms with van der Waals surface area (Å²) in [6, 6.07) is 13.8. The summed E-state index contributed by atoms with van der Waals surface area (Å²) in [5.74, 6) is 6.12. The van der Waals surface area contributed by atoms with Crippen LogP contribution in [0.2, 0.25) is 0 Å². The summed E-state index contributed by atoms with van der Waals surface area (Å²) in [5, 5.41) is 7.37. The number of rotatable bonds is 7. The van der Waals surface area contributed by atoms with Gasteiger partial charge in [-0.1, -0.05) is 48.8 Å². The summed E-state index contributed by atoms with van der Waals surface area (Å²) in [5.41, 5.74) is 7.83. The third-order valence-corrected chi connectivity index (χ3v) is 6.40. The number of para-hydroxylation sites is 1. The molecule has 12 heteroatoms. The molecular formula is C31H27N9O3. The second-order valence-corrected chi connectivity index (χ2v) is 9.27. The third-order valence-electron chi connectivity index (χ3n) is 6.40. The minimum atomic E-state index is -0.730. The van der Waals surface area contributed by atoms with Gasteiger partial charge in [0.1, 0.15) is 11.4 Å². The van der Waals surface area contributed by atoms with Crippen LogP contribution in [-0.2, 0) is 7.05 Å². The molecule has 1 atom stereocenters. The van der Waals surface area contributed by atoms with Crippen LogP contribution >= 0.6 is 0 Å². The van der Waals surface area contributed by atoms with E-state index in [1.165, 1.54) is 41.0 Å². The molecule has 2 aromatic carbocycles. The maximum absolute atomic E-state index is 14.2. The highest BCUT2D eigenvalue weighted by molar-refractivity contribution is 6.03. The van der Waals surface area contributed by atoms with Crippen molar-refractivity contribution in [2.75, 3.05) is 12.8 Å². The number of nitrogens with zero attached hydrogens (tertiary/aromatic N) is 7. The van der Waals surface area contributed by atoms with E-state index in [4.69, 9.17) is 15.5 Å². The van der Waals surface area contributed by atoms with E-state index in [1.54, 1.807) is 44.3 Å². The Labute approximate surface area is 246 Å². The van der Waals surface area contributed by atoms with Gasteiger partial charge in [0.15, 0.2) is 11.6 Å². The Morgan fingerprint density at radius 3 is 2.58 bits per heavy atom. The number of benzene rings is 2. The van der Waals surface area contributed by atoms with Crippen LogP contribution in [0.1, 0.15) is 40.3 Å². The van der Waals surface area contributed by atoms with Gasteiger partial charge in [-0.15, -0.1) is 0 Å². The molecule has 1 amide bonds. The second-order valence-electron chi connectivity index (χ2n) is 9.27. The second kappa shape index (κ2) is 12.2. The number of nitrogens with two attached hydrogens (primary N) is 1. The zero-order valence-electron chi connectivity index (χ0n) is 23.6. The molecule has 3 heterocycles. The molecule has 12 nitrogen and oxygen atoms in total. The van der Waals surface area contributed by atoms with Gasteiger partial charge in [0.25, 0.3) is 11.5 Å². The molecular weight excluding hydrogens is 546 g/mol. The first-order chi connectivity index (χ1) is 20.8. The predicted molar refractivity (Wildman–Crippen MR) is 164 cm³/mol. The van der Waals surface area contributed by atoms with Crippen LogP contribution in [-0.4, -0.2) is 48.5 Å². The number of anilines is 1. The number of carbonyl (C=O) groups is 1. The summed E-state index contributed by atoms with van der Waals surface area (Å²) >= 11 is 0. The van der Waals surface area contributed by atoms with Crippen LogP contribution in [0.25, 0.3) is 16.6 Å². The number of hydrogen-bond acceptors (Lipinski definition) is 9. The molecule has 0 aliphatic heterocycles. The van der Waals surface area contributed by atoms with E-state index in [2.05, 4.69) is 43.8 Å². The van der Waals surface area contributed by atoms with Gasteiger partial charge in [0.2, 0.25) is 0 Å². The Kier molecular flexibility index (Phi) is 8.06. The number of nitrogen functional groups attached to an aromatic ring is 1. The van der Waals surface area contributed by atoms with E-state index >= 15 is 0 Å². The quantitative estimate of drug-likeness (QED) is 0.222. The summed E-state index contributed by atoms with van der Waals surface area (Å²) in [7, 11) is 3.11. The number of methoxy groups -OCH3 is 1. The van der Waals surface area contributed by atoms with Gasteiger partial charge in [0.05, 0.1) is 35.3 Å². The monoisotopic (exact) mass is 573 g/mol. The van der Waals surface area contributed by atoms with Crippen LogP contribution in [0.5, 0.6) is 6.01 Å². The minimum Gasteiger partial charge on any atom is -0.467 e. The molecule has 3 aromatic heterocycles. The zero-order valence-corrected chi connectivity index (χ0v) is 23.6. The number of hydrogen-bond donors (Lipinski definition) is 2. The van der Waals surface area contributed by atoms with Crippen molar-refractivity contribution in [3.05, 3.63) is 106 Å². The molecule has 5 rings (SSSR count). The highest BCUT2D eigenvalue weighted by atomic mass is 16.5. The number of amides is 1. The van der Waals surface area contributed by atoms with Gasteiger partial charge >= 0.3 is 6.01 Å². The standard InChI is InChI=1S/C31H27N9O3/c1-5-16-33-28-25(26(32)38-39(28)3)29(41)36-19(2)27-37-23-13-9-10-21(15-14-20-17-34-31(43-4)35-18-20)24(23)30(42)40(27)22-11-7-6-8-12-22/h5-13,16-19H,1H2,2-4H3,(H2,32,38)(H,36,41)/b33-16-. The smallest absolute Gasteiger partial charge is 0.316 e. The first-order valence-electron chi connectivity index (χ1n) is 13.1. The number of ether oxygens (including phenoxy) is 1. The van der Waals surface area contributed by atoms with Gasteiger partial charge in [-0.3, -0.25) is 14.2 Å². The van der Waals surface area contributed by atoms with Crippen molar-refractivity contribution in [3.8, 4) is 23.5 Å². The molecule has 0 saturated heterocycles. The Morgan fingerprint density at radius 2 is 1.88 bits per heavy atom. The number of aryl methyl sites for hydroxylation is 1. The van der Waals surface area contributed by atoms with Crippen molar-refractivity contribution in [2.24, 2.45) is 12.0 Å². The van der Waals surface area contributed by atoms with Crippen molar-refractivity contribution in [1.29, 1.82) is 0 Å². The zero-order chi connectivity index (χ0) is 30.5. The van der Waals surface area contributed by atoms with Gasteiger partial charge in [-0.25, -0.2) is 24.6 Å². The lowest BCUT2D eigenvalue weighted by Crippen LogP contribution is -2.33. The highest BCUT2D eigenvalue weighted by Crippen LogP contribution is 2.26. The third kappa shape index (κ3) is 5.73. The first kappa shape index (κ1) is 28.4.